The van der Waals surface area contributed by atoms with Crippen LogP contribution in [-0.2, 0) is 9.47 Å². The second-order valence-electron chi connectivity index (χ2n) is 2.04. The molecule has 0 radical (unpaired) electrons. The quantitative estimate of drug-likeness (QED) is 0.465. The van der Waals surface area contributed by atoms with Gasteiger partial charge in [-0.2, -0.15) is 0 Å². The molecule has 0 unspecified atom stereocenters. The molecule has 0 aliphatic heterocycles. The van der Waals surface area contributed by atoms with Gasteiger partial charge in [-0.25, -0.2) is 0 Å². The van der Waals surface area contributed by atoms with E-state index in [2.05, 4.69) is 0 Å². The Balaban J connectivity index is 3.97. The van der Waals surface area contributed by atoms with Crippen molar-refractivity contribution in [2.75, 3.05) is 20.4 Å². The SMILES string of the molecule is CC[PH](O)(O)C(OC)OC. The molecule has 0 aliphatic rings. The summed E-state index contributed by atoms with van der Waals surface area (Å²) in [6, 6.07) is -0.836. The van der Waals surface area contributed by atoms with Crippen molar-refractivity contribution in [2.45, 2.75) is 13.0 Å². The predicted molar refractivity (Wildman–Crippen MR) is 41.1 cm³/mol. The van der Waals surface area contributed by atoms with E-state index in [0.717, 1.165) is 0 Å². The first-order valence-electron chi connectivity index (χ1n) is 3.08. The Labute approximate surface area is 61.3 Å². The van der Waals surface area contributed by atoms with Crippen LogP contribution in [0.3, 0.4) is 0 Å². The summed E-state index contributed by atoms with van der Waals surface area (Å²) >= 11 is 0. The predicted octanol–water partition coefficient (Wildman–Crippen LogP) is 0.147. The van der Waals surface area contributed by atoms with Gasteiger partial charge in [-0.1, -0.05) is 0 Å². The summed E-state index contributed by atoms with van der Waals surface area (Å²) < 4.78 is 9.39. The molecule has 0 aromatic rings. The van der Waals surface area contributed by atoms with Crippen LogP contribution in [0.15, 0.2) is 0 Å². The van der Waals surface area contributed by atoms with Gasteiger partial charge in [0.05, 0.1) is 0 Å². The Bertz CT molecular complexity index is 91.6. The molecule has 0 heterocycles. The fourth-order valence-corrected chi connectivity index (χ4v) is 1.73. The van der Waals surface area contributed by atoms with Crippen molar-refractivity contribution in [1.29, 1.82) is 0 Å². The standard InChI is InChI=1S/C5H15O4P/c1-4-10(6,7)5(8-2)9-3/h5-7,10H,4H2,1-3H3. The molecule has 10 heavy (non-hydrogen) atoms. The molecule has 0 aromatic heterocycles. The molecule has 2 N–H and O–H groups in total. The number of hydrogen-bond donors (Lipinski definition) is 2. The van der Waals surface area contributed by atoms with Crippen LogP contribution in [0.25, 0.3) is 0 Å². The zero-order valence-electron chi connectivity index (χ0n) is 6.50. The maximum absolute atomic E-state index is 9.23. The molecule has 5 heteroatoms. The third-order valence-electron chi connectivity index (χ3n) is 1.33. The molecule has 0 saturated heterocycles. The maximum atomic E-state index is 9.23. The molecule has 0 aliphatic carbocycles. The average Bonchev–Trinajstić information content (AvgIpc) is 1.90. The van der Waals surface area contributed by atoms with Crippen LogP contribution < -0.4 is 0 Å². The van der Waals surface area contributed by atoms with E-state index in [1.165, 1.54) is 14.2 Å². The van der Waals surface area contributed by atoms with Crippen molar-refractivity contribution >= 4 is 7.72 Å². The van der Waals surface area contributed by atoms with Crippen LogP contribution in [0.2, 0.25) is 0 Å². The summed E-state index contributed by atoms with van der Waals surface area (Å²) in [5, 5.41) is 0. The van der Waals surface area contributed by atoms with Gasteiger partial charge in [0.25, 0.3) is 0 Å². The number of hydrogen-bond acceptors (Lipinski definition) is 4. The number of ether oxygens (including phenoxy) is 2. The van der Waals surface area contributed by atoms with E-state index >= 15 is 0 Å². The van der Waals surface area contributed by atoms with E-state index in [4.69, 9.17) is 9.47 Å². The Morgan fingerprint density at radius 2 is 1.70 bits per heavy atom. The van der Waals surface area contributed by atoms with Gasteiger partial charge >= 0.3 is 60.3 Å². The van der Waals surface area contributed by atoms with Crippen molar-refractivity contribution < 1.29 is 19.3 Å². The first-order chi connectivity index (χ1) is 4.58. The van der Waals surface area contributed by atoms with E-state index in [9.17, 15) is 9.79 Å². The van der Waals surface area contributed by atoms with Crippen molar-refractivity contribution in [1.82, 2.24) is 0 Å². The normalized spacial score (nSPS) is 14.2. The second-order valence-corrected chi connectivity index (χ2v) is 4.97. The molecular formula is C5H15O4P. The molecule has 0 fully saturated rings. The van der Waals surface area contributed by atoms with Crippen molar-refractivity contribution in [3.63, 3.8) is 0 Å². The molecule has 0 spiro atoms. The van der Waals surface area contributed by atoms with Crippen molar-refractivity contribution in [2.24, 2.45) is 0 Å². The van der Waals surface area contributed by atoms with Gasteiger partial charge in [0.15, 0.2) is 0 Å². The first-order valence-corrected chi connectivity index (χ1v) is 5.26. The van der Waals surface area contributed by atoms with Gasteiger partial charge in [-0.3, -0.25) is 0 Å². The summed E-state index contributed by atoms with van der Waals surface area (Å²) in [4.78, 5) is 18.5. The van der Waals surface area contributed by atoms with Crippen LogP contribution in [0.4, 0.5) is 0 Å². The van der Waals surface area contributed by atoms with Crippen LogP contribution in [0, 0.1) is 0 Å². The Morgan fingerprint density at radius 1 is 1.30 bits per heavy atom. The van der Waals surface area contributed by atoms with E-state index in [-0.39, 0.29) is 0 Å². The Kier molecular flexibility index (Phi) is 4.32. The molecule has 64 valence electrons. The molecule has 0 saturated carbocycles. The summed E-state index contributed by atoms with van der Waals surface area (Å²) in [5.74, 6) is 0. The van der Waals surface area contributed by atoms with E-state index < -0.39 is 13.7 Å². The topological polar surface area (TPSA) is 58.9 Å². The monoisotopic (exact) mass is 170 g/mol. The van der Waals surface area contributed by atoms with Crippen LogP contribution >= 0.6 is 7.72 Å². The van der Waals surface area contributed by atoms with Crippen LogP contribution in [-0.4, -0.2) is 36.2 Å². The summed E-state index contributed by atoms with van der Waals surface area (Å²) in [6.45, 7) is 1.69. The summed E-state index contributed by atoms with van der Waals surface area (Å²) in [7, 11) is -0.477. The third kappa shape index (κ3) is 2.48. The molecule has 0 rings (SSSR count). The molecule has 0 aromatic carbocycles. The molecule has 4 nitrogen and oxygen atoms in total. The van der Waals surface area contributed by atoms with Crippen molar-refractivity contribution in [3.05, 3.63) is 0 Å². The minimum absolute atomic E-state index is 0.305. The molecule has 0 atom stereocenters. The van der Waals surface area contributed by atoms with Crippen molar-refractivity contribution in [3.8, 4) is 0 Å². The fraction of sp³-hybridized carbons (Fsp3) is 1.00. The molecule has 0 amide bonds. The van der Waals surface area contributed by atoms with Gasteiger partial charge in [0.2, 0.25) is 0 Å². The summed E-state index contributed by atoms with van der Waals surface area (Å²) in [5.41, 5.74) is 0. The first kappa shape index (κ1) is 10.3. The fourth-order valence-electron chi connectivity index (χ4n) is 0.640. The Morgan fingerprint density at radius 3 is 1.80 bits per heavy atom. The zero-order valence-corrected chi connectivity index (χ0v) is 7.50. The van der Waals surface area contributed by atoms with E-state index in [1.807, 2.05) is 0 Å². The van der Waals surface area contributed by atoms with E-state index in [1.54, 1.807) is 6.92 Å². The summed E-state index contributed by atoms with van der Waals surface area (Å²) in [6.07, 6.45) is 0.305. The minimum atomic E-state index is -3.25. The van der Waals surface area contributed by atoms with Crippen LogP contribution in [0.1, 0.15) is 6.92 Å². The Hall–Kier alpha value is 0.270. The average molecular weight is 170 g/mol. The van der Waals surface area contributed by atoms with Crippen LogP contribution in [0.5, 0.6) is 0 Å². The second kappa shape index (κ2) is 4.21. The van der Waals surface area contributed by atoms with Gasteiger partial charge in [0, 0.05) is 0 Å². The number of methoxy groups -OCH3 is 2. The number of rotatable bonds is 4. The molecule has 0 bridgehead atoms. The molecular weight excluding hydrogens is 155 g/mol. The van der Waals surface area contributed by atoms with Gasteiger partial charge < -0.3 is 0 Å². The van der Waals surface area contributed by atoms with Gasteiger partial charge in [-0.15, -0.1) is 0 Å². The third-order valence-corrected chi connectivity index (χ3v) is 3.59. The zero-order chi connectivity index (χ0) is 8.20. The van der Waals surface area contributed by atoms with E-state index in [0.29, 0.717) is 6.16 Å². The van der Waals surface area contributed by atoms with Gasteiger partial charge in [0.1, 0.15) is 0 Å². The van der Waals surface area contributed by atoms with Gasteiger partial charge in [-0.05, 0) is 0 Å².